The predicted octanol–water partition coefficient (Wildman–Crippen LogP) is 4.81. The van der Waals surface area contributed by atoms with E-state index in [9.17, 15) is 9.18 Å². The Labute approximate surface area is 192 Å². The van der Waals surface area contributed by atoms with E-state index in [0.29, 0.717) is 30.2 Å². The number of guanidine groups is 1. The van der Waals surface area contributed by atoms with Crippen molar-refractivity contribution in [2.45, 2.75) is 6.42 Å². The van der Waals surface area contributed by atoms with Gasteiger partial charge in [-0.25, -0.2) is 4.39 Å². The van der Waals surface area contributed by atoms with Crippen molar-refractivity contribution in [1.82, 2.24) is 10.3 Å². The second kappa shape index (κ2) is 9.99. The van der Waals surface area contributed by atoms with Gasteiger partial charge < -0.3 is 15.2 Å². The zero-order valence-electron chi connectivity index (χ0n) is 18.6. The van der Waals surface area contributed by atoms with E-state index in [1.165, 1.54) is 12.1 Å². The summed E-state index contributed by atoms with van der Waals surface area (Å²) < 4.78 is 13.3. The minimum Gasteiger partial charge on any atom is -0.378 e. The molecule has 0 aliphatic rings. The van der Waals surface area contributed by atoms with Crippen LogP contribution in [0.25, 0.3) is 10.9 Å². The van der Waals surface area contributed by atoms with Crippen molar-refractivity contribution in [3.05, 3.63) is 95.9 Å². The number of nitrogens with one attached hydrogen (secondary N) is 3. The van der Waals surface area contributed by atoms with E-state index >= 15 is 0 Å². The largest absolute Gasteiger partial charge is 0.378 e. The predicted molar refractivity (Wildman–Crippen MR) is 133 cm³/mol. The van der Waals surface area contributed by atoms with Crippen molar-refractivity contribution in [2.24, 2.45) is 4.99 Å². The molecule has 0 fully saturated rings. The van der Waals surface area contributed by atoms with Gasteiger partial charge in [-0.1, -0.05) is 24.3 Å². The first kappa shape index (κ1) is 22.1. The lowest BCUT2D eigenvalue weighted by Crippen LogP contribution is -2.36. The summed E-state index contributed by atoms with van der Waals surface area (Å²) in [5.41, 5.74) is 4.30. The Morgan fingerprint density at radius 3 is 2.61 bits per heavy atom. The van der Waals surface area contributed by atoms with Gasteiger partial charge in [0, 0.05) is 54.7 Å². The fourth-order valence-electron chi connectivity index (χ4n) is 3.51. The molecule has 4 aromatic rings. The Bertz CT molecular complexity index is 1280. The first-order chi connectivity index (χ1) is 16.0. The van der Waals surface area contributed by atoms with Crippen LogP contribution < -0.4 is 15.5 Å². The van der Waals surface area contributed by atoms with E-state index < -0.39 is 0 Å². The molecule has 0 saturated carbocycles. The van der Waals surface area contributed by atoms with E-state index in [0.717, 1.165) is 22.2 Å². The number of para-hydroxylation sites is 1. The number of aromatic amines is 1. The first-order valence-corrected chi connectivity index (χ1v) is 10.7. The summed E-state index contributed by atoms with van der Waals surface area (Å²) in [6, 6.07) is 21.4. The molecule has 6 nitrogen and oxygen atoms in total. The number of halogens is 1. The highest BCUT2D eigenvalue weighted by Gasteiger charge is 2.11. The second-order valence-electron chi connectivity index (χ2n) is 7.87. The average Bonchev–Trinajstić information content (AvgIpc) is 3.23. The second-order valence-corrected chi connectivity index (χ2v) is 7.87. The lowest BCUT2D eigenvalue weighted by atomic mass is 10.1. The SMILES string of the molecule is CN(C)c1cccc(C(=O)NC(=NCCc2c[nH]c3ccccc23)Nc2ccc(F)cc2)c1. The van der Waals surface area contributed by atoms with E-state index in [1.807, 2.05) is 61.6 Å². The molecule has 1 amide bonds. The van der Waals surface area contributed by atoms with Gasteiger partial charge >= 0.3 is 0 Å². The highest BCUT2D eigenvalue weighted by molar-refractivity contribution is 6.10. The molecule has 1 heterocycles. The van der Waals surface area contributed by atoms with Crippen molar-refractivity contribution >= 4 is 34.1 Å². The smallest absolute Gasteiger partial charge is 0.258 e. The number of anilines is 2. The van der Waals surface area contributed by atoms with Gasteiger partial charge in [-0.05, 0) is 60.5 Å². The maximum atomic E-state index is 13.3. The van der Waals surface area contributed by atoms with Gasteiger partial charge in [0.05, 0.1) is 0 Å². The first-order valence-electron chi connectivity index (χ1n) is 10.7. The number of H-pyrrole nitrogens is 1. The summed E-state index contributed by atoms with van der Waals surface area (Å²) >= 11 is 0. The summed E-state index contributed by atoms with van der Waals surface area (Å²) in [5, 5.41) is 7.11. The van der Waals surface area contributed by atoms with Crippen molar-refractivity contribution in [3.8, 4) is 0 Å². The van der Waals surface area contributed by atoms with Gasteiger partial charge in [0.15, 0.2) is 0 Å². The zero-order chi connectivity index (χ0) is 23.2. The highest BCUT2D eigenvalue weighted by atomic mass is 19.1. The molecule has 0 aliphatic carbocycles. The molecule has 33 heavy (non-hydrogen) atoms. The number of amides is 1. The lowest BCUT2D eigenvalue weighted by Gasteiger charge is -2.15. The van der Waals surface area contributed by atoms with Crippen LogP contribution in [0, 0.1) is 5.82 Å². The number of benzene rings is 3. The van der Waals surface area contributed by atoms with E-state index in [-0.39, 0.29) is 11.7 Å². The van der Waals surface area contributed by atoms with E-state index in [1.54, 1.807) is 18.2 Å². The summed E-state index contributed by atoms with van der Waals surface area (Å²) in [7, 11) is 3.84. The Balaban J connectivity index is 1.52. The molecule has 1 aromatic heterocycles. The number of rotatable bonds is 6. The number of carbonyl (C=O) groups excluding carboxylic acids is 1. The molecule has 0 aliphatic heterocycles. The third-order valence-corrected chi connectivity index (χ3v) is 5.29. The van der Waals surface area contributed by atoms with E-state index in [4.69, 9.17) is 0 Å². The quantitative estimate of drug-likeness (QED) is 0.296. The number of aromatic nitrogens is 1. The number of nitrogens with zero attached hydrogens (tertiary/aromatic N) is 2. The monoisotopic (exact) mass is 443 g/mol. The fraction of sp³-hybridized carbons (Fsp3) is 0.154. The van der Waals surface area contributed by atoms with Crippen LogP contribution in [-0.2, 0) is 6.42 Å². The molecule has 3 aromatic carbocycles. The number of aliphatic imine (C=N–C) groups is 1. The molecule has 0 atom stereocenters. The van der Waals surface area contributed by atoms with Crippen LogP contribution in [0.2, 0.25) is 0 Å². The maximum Gasteiger partial charge on any atom is 0.258 e. The molecular formula is C26H26FN5O. The number of carbonyl (C=O) groups is 1. The standard InChI is InChI=1S/C26H26FN5O/c1-32(2)22-7-5-6-18(16-22)25(33)31-26(30-21-12-10-20(27)11-13-21)28-15-14-19-17-29-24-9-4-3-8-23(19)24/h3-13,16-17,29H,14-15H2,1-2H3,(H2,28,30,31,33). The van der Waals surface area contributed by atoms with Crippen molar-refractivity contribution in [3.63, 3.8) is 0 Å². The molecule has 0 spiro atoms. The average molecular weight is 444 g/mol. The van der Waals surface area contributed by atoms with Crippen molar-refractivity contribution < 1.29 is 9.18 Å². The summed E-state index contributed by atoms with van der Waals surface area (Å²) in [4.78, 5) is 22.7. The zero-order valence-corrected chi connectivity index (χ0v) is 18.6. The minimum atomic E-state index is -0.331. The van der Waals surface area contributed by atoms with Crippen LogP contribution in [0.4, 0.5) is 15.8 Å². The third kappa shape index (κ3) is 5.57. The number of hydrogen-bond donors (Lipinski definition) is 3. The minimum absolute atomic E-state index is 0.279. The normalized spacial score (nSPS) is 11.4. The molecule has 0 bridgehead atoms. The van der Waals surface area contributed by atoms with Gasteiger partial charge in [0.25, 0.3) is 5.91 Å². The molecule has 168 valence electrons. The molecule has 0 saturated heterocycles. The van der Waals surface area contributed by atoms with E-state index in [2.05, 4.69) is 26.7 Å². The highest BCUT2D eigenvalue weighted by Crippen LogP contribution is 2.18. The molecule has 0 radical (unpaired) electrons. The Hall–Kier alpha value is -4.13. The molecule has 7 heteroatoms. The van der Waals surface area contributed by atoms with Gasteiger partial charge in [-0.3, -0.25) is 15.1 Å². The fourth-order valence-corrected chi connectivity index (χ4v) is 3.51. The van der Waals surface area contributed by atoms with Crippen LogP contribution >= 0.6 is 0 Å². The molecule has 0 unspecified atom stereocenters. The number of fused-ring (bicyclic) bond motifs is 1. The summed E-state index contributed by atoms with van der Waals surface area (Å²) in [6.45, 7) is 0.462. The van der Waals surface area contributed by atoms with Crippen molar-refractivity contribution in [2.75, 3.05) is 30.9 Å². The number of hydrogen-bond acceptors (Lipinski definition) is 3. The van der Waals surface area contributed by atoms with Crippen molar-refractivity contribution in [1.29, 1.82) is 0 Å². The van der Waals surface area contributed by atoms with Gasteiger partial charge in [-0.2, -0.15) is 0 Å². The van der Waals surface area contributed by atoms with Crippen LogP contribution in [0.5, 0.6) is 0 Å². The molecule has 3 N–H and O–H groups in total. The van der Waals surface area contributed by atoms with Crippen LogP contribution in [0.1, 0.15) is 15.9 Å². The molecule has 4 rings (SSSR count). The van der Waals surface area contributed by atoms with Gasteiger partial charge in [-0.15, -0.1) is 0 Å². The Kier molecular flexibility index (Phi) is 6.69. The van der Waals surface area contributed by atoms with Gasteiger partial charge in [0.1, 0.15) is 5.82 Å². The van der Waals surface area contributed by atoms with Crippen LogP contribution in [0.15, 0.2) is 84.0 Å². The maximum absolute atomic E-state index is 13.3. The molecular weight excluding hydrogens is 417 g/mol. The van der Waals surface area contributed by atoms with Gasteiger partial charge in [0.2, 0.25) is 5.96 Å². The summed E-state index contributed by atoms with van der Waals surface area (Å²) in [6.07, 6.45) is 2.68. The van der Waals surface area contributed by atoms with Crippen LogP contribution in [0.3, 0.4) is 0 Å². The third-order valence-electron chi connectivity index (χ3n) is 5.29. The summed E-state index contributed by atoms with van der Waals surface area (Å²) in [5.74, 6) is -0.302. The lowest BCUT2D eigenvalue weighted by molar-refractivity contribution is 0.0977. The topological polar surface area (TPSA) is 72.5 Å². The van der Waals surface area contributed by atoms with Crippen LogP contribution in [-0.4, -0.2) is 37.5 Å². The Morgan fingerprint density at radius 2 is 1.82 bits per heavy atom. The Morgan fingerprint density at radius 1 is 1.03 bits per heavy atom.